The smallest absolute Gasteiger partial charge is 0.146 e. The van der Waals surface area contributed by atoms with Crippen molar-refractivity contribution in [1.82, 2.24) is 4.90 Å². The third kappa shape index (κ3) is 2.61. The Morgan fingerprint density at radius 1 is 1.12 bits per heavy atom. The molecule has 0 aromatic heterocycles. The van der Waals surface area contributed by atoms with Crippen LogP contribution in [0.3, 0.4) is 0 Å². The van der Waals surface area contributed by atoms with Crippen LogP contribution < -0.4 is 10.5 Å². The second-order valence-electron chi connectivity index (χ2n) is 8.97. The van der Waals surface area contributed by atoms with Gasteiger partial charge in [0.25, 0.3) is 0 Å². The van der Waals surface area contributed by atoms with Gasteiger partial charge in [0.05, 0.1) is 11.7 Å². The normalized spacial score (nSPS) is 23.2. The van der Waals surface area contributed by atoms with Crippen LogP contribution in [0.15, 0.2) is 36.4 Å². The van der Waals surface area contributed by atoms with Crippen molar-refractivity contribution in [2.45, 2.75) is 64.6 Å². The van der Waals surface area contributed by atoms with Crippen LogP contribution in [0.1, 0.15) is 62.9 Å². The highest BCUT2D eigenvalue weighted by molar-refractivity contribution is 5.67. The second-order valence-corrected chi connectivity index (χ2v) is 8.97. The monoisotopic (exact) mass is 350 g/mol. The average molecular weight is 351 g/mol. The van der Waals surface area contributed by atoms with Gasteiger partial charge in [0.1, 0.15) is 11.4 Å². The molecule has 2 aliphatic rings. The molecule has 0 spiro atoms. The number of hydrogen-bond acceptors (Lipinski definition) is 3. The van der Waals surface area contributed by atoms with Gasteiger partial charge in [-0.1, -0.05) is 37.3 Å². The van der Waals surface area contributed by atoms with Crippen LogP contribution in [-0.4, -0.2) is 22.6 Å². The first-order chi connectivity index (χ1) is 12.2. The Morgan fingerprint density at radius 2 is 1.81 bits per heavy atom. The highest BCUT2D eigenvalue weighted by Gasteiger charge is 2.44. The quantitative estimate of drug-likeness (QED) is 0.796. The minimum Gasteiger partial charge on any atom is -0.485 e. The number of nitrogen functional groups attached to an aromatic ring is 1. The number of benzene rings is 2. The third-order valence-corrected chi connectivity index (χ3v) is 5.96. The van der Waals surface area contributed by atoms with E-state index in [0.717, 1.165) is 30.8 Å². The molecule has 2 heterocycles. The van der Waals surface area contributed by atoms with Crippen molar-refractivity contribution in [2.24, 2.45) is 0 Å². The maximum atomic E-state index is 6.42. The van der Waals surface area contributed by atoms with E-state index in [1.165, 1.54) is 22.3 Å². The number of hydrogen-bond donors (Lipinski definition) is 1. The maximum absolute atomic E-state index is 6.42. The summed E-state index contributed by atoms with van der Waals surface area (Å²) in [7, 11) is 0. The maximum Gasteiger partial charge on any atom is 0.146 e. The highest BCUT2D eigenvalue weighted by Crippen LogP contribution is 2.51. The zero-order chi connectivity index (χ0) is 18.7. The van der Waals surface area contributed by atoms with E-state index < -0.39 is 0 Å². The fourth-order valence-corrected chi connectivity index (χ4v) is 5.01. The molecular formula is C23H30N2O. The Labute approximate surface area is 157 Å². The highest BCUT2D eigenvalue weighted by atomic mass is 16.5. The van der Waals surface area contributed by atoms with Crippen molar-refractivity contribution in [3.05, 3.63) is 58.7 Å². The van der Waals surface area contributed by atoms with Gasteiger partial charge in [-0.25, -0.2) is 0 Å². The lowest BCUT2D eigenvalue weighted by atomic mass is 9.76. The van der Waals surface area contributed by atoms with E-state index in [1.807, 2.05) is 0 Å². The van der Waals surface area contributed by atoms with E-state index in [9.17, 15) is 0 Å². The Kier molecular flexibility index (Phi) is 3.85. The van der Waals surface area contributed by atoms with Gasteiger partial charge in [0.15, 0.2) is 0 Å². The first-order valence-electron chi connectivity index (χ1n) is 9.68. The van der Waals surface area contributed by atoms with Gasteiger partial charge in [0, 0.05) is 17.5 Å². The molecular weight excluding hydrogens is 320 g/mol. The van der Waals surface area contributed by atoms with E-state index in [4.69, 9.17) is 10.5 Å². The van der Waals surface area contributed by atoms with Crippen LogP contribution in [0.4, 0.5) is 5.69 Å². The molecule has 2 aromatic rings. The minimum absolute atomic E-state index is 0.0813. The number of rotatable bonds is 2. The number of fused-ring (bicyclic) bond motifs is 3. The van der Waals surface area contributed by atoms with Crippen molar-refractivity contribution in [3.63, 3.8) is 0 Å². The summed E-state index contributed by atoms with van der Waals surface area (Å²) in [6.45, 7) is 12.3. The summed E-state index contributed by atoms with van der Waals surface area (Å²) in [4.78, 5) is 2.63. The SMILES string of the molecule is CCN1C(c2ccccc2)c2c(cc(N)c3c2CC(C)(C)O3)CC1(C)C. The Morgan fingerprint density at radius 3 is 2.46 bits per heavy atom. The van der Waals surface area contributed by atoms with Gasteiger partial charge in [-0.3, -0.25) is 4.90 Å². The van der Waals surface area contributed by atoms with Crippen molar-refractivity contribution in [3.8, 4) is 5.75 Å². The van der Waals surface area contributed by atoms with Crippen LogP contribution in [0.5, 0.6) is 5.75 Å². The summed E-state index contributed by atoms with van der Waals surface area (Å²) in [5, 5.41) is 0. The van der Waals surface area contributed by atoms with Gasteiger partial charge in [-0.05, 0) is 63.4 Å². The van der Waals surface area contributed by atoms with Crippen LogP contribution in [0.25, 0.3) is 0 Å². The minimum atomic E-state index is -0.198. The summed E-state index contributed by atoms with van der Waals surface area (Å²) < 4.78 is 6.25. The molecule has 26 heavy (non-hydrogen) atoms. The van der Waals surface area contributed by atoms with E-state index in [-0.39, 0.29) is 17.2 Å². The van der Waals surface area contributed by atoms with Crippen LogP contribution in [-0.2, 0) is 12.8 Å². The van der Waals surface area contributed by atoms with Gasteiger partial charge in [-0.15, -0.1) is 0 Å². The summed E-state index contributed by atoms with van der Waals surface area (Å²) >= 11 is 0. The first-order valence-corrected chi connectivity index (χ1v) is 9.68. The molecule has 1 atom stereocenters. The molecule has 0 amide bonds. The van der Waals surface area contributed by atoms with Crippen molar-refractivity contribution < 1.29 is 4.74 Å². The predicted molar refractivity (Wildman–Crippen MR) is 108 cm³/mol. The van der Waals surface area contributed by atoms with E-state index in [2.05, 4.69) is 75.9 Å². The number of anilines is 1. The van der Waals surface area contributed by atoms with Gasteiger partial charge in [0.2, 0.25) is 0 Å². The number of likely N-dealkylation sites (N-methyl/N-ethyl adjacent to an activating group) is 1. The van der Waals surface area contributed by atoms with Crippen molar-refractivity contribution in [1.29, 1.82) is 0 Å². The van der Waals surface area contributed by atoms with Crippen LogP contribution in [0, 0.1) is 0 Å². The zero-order valence-corrected chi connectivity index (χ0v) is 16.6. The molecule has 1 unspecified atom stereocenters. The second kappa shape index (κ2) is 5.75. The summed E-state index contributed by atoms with van der Waals surface area (Å²) in [6.07, 6.45) is 1.93. The van der Waals surface area contributed by atoms with Crippen LogP contribution in [0.2, 0.25) is 0 Å². The summed E-state index contributed by atoms with van der Waals surface area (Å²) in [5.41, 5.74) is 12.6. The van der Waals surface area contributed by atoms with Gasteiger partial charge in [-0.2, -0.15) is 0 Å². The van der Waals surface area contributed by atoms with E-state index >= 15 is 0 Å². The summed E-state index contributed by atoms with van der Waals surface area (Å²) in [5.74, 6) is 0.908. The molecule has 2 N–H and O–H groups in total. The molecule has 4 rings (SSSR count). The molecule has 0 saturated heterocycles. The lowest BCUT2D eigenvalue weighted by Crippen LogP contribution is -2.51. The fourth-order valence-electron chi connectivity index (χ4n) is 5.01. The van der Waals surface area contributed by atoms with Crippen molar-refractivity contribution in [2.75, 3.05) is 12.3 Å². The largest absolute Gasteiger partial charge is 0.485 e. The van der Waals surface area contributed by atoms with Crippen molar-refractivity contribution >= 4 is 5.69 Å². The number of nitrogens with two attached hydrogens (primary N) is 1. The van der Waals surface area contributed by atoms with Gasteiger partial charge < -0.3 is 10.5 Å². The standard InChI is InChI=1S/C23H30N2O/c1-6-25-20(15-10-8-7-9-11-15)19-16(13-22(25,2)3)12-18(24)21-17(19)14-23(4,5)26-21/h7-12,20H,6,13-14,24H2,1-5H3. The molecule has 2 aliphatic heterocycles. The zero-order valence-electron chi connectivity index (χ0n) is 16.6. The lowest BCUT2D eigenvalue weighted by molar-refractivity contribution is 0.0778. The average Bonchev–Trinajstić information content (AvgIpc) is 2.89. The Balaban J connectivity index is 1.99. The predicted octanol–water partition coefficient (Wildman–Crippen LogP) is 4.73. The molecule has 2 aromatic carbocycles. The molecule has 138 valence electrons. The topological polar surface area (TPSA) is 38.5 Å². The third-order valence-electron chi connectivity index (χ3n) is 5.96. The lowest BCUT2D eigenvalue weighted by Gasteiger charge is -2.49. The van der Waals surface area contributed by atoms with Crippen LogP contribution >= 0.6 is 0 Å². The molecule has 0 fully saturated rings. The molecule has 3 nitrogen and oxygen atoms in total. The van der Waals surface area contributed by atoms with Gasteiger partial charge >= 0.3 is 0 Å². The van der Waals surface area contributed by atoms with E-state index in [1.54, 1.807) is 0 Å². The fraction of sp³-hybridized carbons (Fsp3) is 0.478. The molecule has 0 saturated carbocycles. The molecule has 0 aliphatic carbocycles. The number of nitrogens with zero attached hydrogens (tertiary/aromatic N) is 1. The van der Waals surface area contributed by atoms with E-state index in [0.29, 0.717) is 0 Å². The summed E-state index contributed by atoms with van der Waals surface area (Å²) in [6, 6.07) is 13.3. The number of ether oxygens (including phenoxy) is 1. The first kappa shape index (κ1) is 17.4. The molecule has 0 radical (unpaired) electrons. The molecule has 0 bridgehead atoms. The Bertz CT molecular complexity index is 839. The Hall–Kier alpha value is -2.00. The molecule has 3 heteroatoms.